The predicted molar refractivity (Wildman–Crippen MR) is 60.2 cm³/mol. The van der Waals surface area contributed by atoms with E-state index in [1.54, 1.807) is 0 Å². The maximum Gasteiger partial charge on any atom is 0.313 e. The number of nitrogens with zero attached hydrogens (tertiary/aromatic N) is 3. The summed E-state index contributed by atoms with van der Waals surface area (Å²) < 4.78 is 0.467. The van der Waals surface area contributed by atoms with E-state index in [2.05, 4.69) is 10.2 Å². The molecule has 1 fully saturated rings. The van der Waals surface area contributed by atoms with E-state index in [0.29, 0.717) is 9.47 Å². The Morgan fingerprint density at radius 1 is 1.47 bits per heavy atom. The van der Waals surface area contributed by atoms with Gasteiger partial charge in [0.05, 0.1) is 18.7 Å². The summed E-state index contributed by atoms with van der Waals surface area (Å²) in [5, 5.41) is 16.4. The van der Waals surface area contributed by atoms with Gasteiger partial charge in [-0.3, -0.25) is 19.3 Å². The van der Waals surface area contributed by atoms with Gasteiger partial charge < -0.3 is 5.11 Å². The monoisotopic (exact) mass is 273 g/mol. The maximum atomic E-state index is 11.4. The number of carbonyl (C=O) groups is 3. The minimum atomic E-state index is -0.945. The molecule has 1 aromatic rings. The number of rotatable bonds is 4. The molecule has 0 aromatic carbocycles. The van der Waals surface area contributed by atoms with Gasteiger partial charge in [0.25, 0.3) is 0 Å². The van der Waals surface area contributed by atoms with Gasteiger partial charge in [0.2, 0.25) is 11.0 Å². The Morgan fingerprint density at radius 3 is 2.82 bits per heavy atom. The van der Waals surface area contributed by atoms with Crippen molar-refractivity contribution < 1.29 is 19.5 Å². The lowest BCUT2D eigenvalue weighted by molar-refractivity contribution is -0.134. The number of anilines is 1. The summed E-state index contributed by atoms with van der Waals surface area (Å²) in [6, 6.07) is 0. The Morgan fingerprint density at radius 2 is 2.24 bits per heavy atom. The normalized spacial score (nSPS) is 15.6. The first-order chi connectivity index (χ1) is 8.06. The minimum Gasteiger partial charge on any atom is -0.481 e. The molecular weight excluding hydrogens is 266 g/mol. The maximum absolute atomic E-state index is 11.4. The third kappa shape index (κ3) is 2.80. The molecule has 1 aliphatic heterocycles. The van der Waals surface area contributed by atoms with Crippen molar-refractivity contribution in [2.75, 3.05) is 17.2 Å². The largest absolute Gasteiger partial charge is 0.481 e. The van der Waals surface area contributed by atoms with Gasteiger partial charge in [-0.25, -0.2) is 0 Å². The first-order valence-electron chi connectivity index (χ1n) is 4.56. The number of carboxylic acid groups (broad SMARTS) is 1. The number of thioether (sulfide) groups is 1. The highest BCUT2D eigenvalue weighted by Crippen LogP contribution is 2.29. The van der Waals surface area contributed by atoms with Crippen molar-refractivity contribution in [1.29, 1.82) is 0 Å². The summed E-state index contributed by atoms with van der Waals surface area (Å²) in [4.78, 5) is 34.1. The molecule has 2 heterocycles. The zero-order valence-electron chi connectivity index (χ0n) is 8.45. The quantitative estimate of drug-likeness (QED) is 0.469. The lowest BCUT2D eigenvalue weighted by Gasteiger charge is -2.07. The summed E-state index contributed by atoms with van der Waals surface area (Å²) in [6.07, 6.45) is -0.100. The number of hydrogen-bond acceptors (Lipinski definition) is 7. The molecule has 0 unspecified atom stereocenters. The number of carbonyl (C=O) groups excluding carboxylic acids is 2. The molecule has 2 rings (SSSR count). The molecule has 1 N–H and O–H groups in total. The summed E-state index contributed by atoms with van der Waals surface area (Å²) in [7, 11) is 0. The number of aliphatic carboxylic acids is 1. The van der Waals surface area contributed by atoms with Crippen LogP contribution in [0, 0.1) is 0 Å². The Bertz CT molecular complexity index is 487. The molecule has 9 heteroatoms. The highest BCUT2D eigenvalue weighted by Gasteiger charge is 2.31. The van der Waals surface area contributed by atoms with E-state index in [9.17, 15) is 14.4 Å². The Hall–Kier alpha value is -1.48. The van der Waals surface area contributed by atoms with Gasteiger partial charge in [-0.05, 0) is 0 Å². The first kappa shape index (κ1) is 12.0. The van der Waals surface area contributed by atoms with Crippen LogP contribution in [-0.2, 0) is 14.4 Å². The van der Waals surface area contributed by atoms with Crippen LogP contribution in [-0.4, -0.2) is 45.3 Å². The predicted octanol–water partition coefficient (Wildman–Crippen LogP) is 0.0206. The fourth-order valence-electron chi connectivity index (χ4n) is 1.25. The topological polar surface area (TPSA) is 100 Å². The van der Waals surface area contributed by atoms with Crippen molar-refractivity contribution in [2.45, 2.75) is 10.8 Å². The lowest BCUT2D eigenvalue weighted by atomic mass is 10.3. The molecule has 1 aliphatic rings. The molecule has 0 aliphatic carbocycles. The molecule has 90 valence electrons. The van der Waals surface area contributed by atoms with Crippen molar-refractivity contribution >= 4 is 45.9 Å². The van der Waals surface area contributed by atoms with Gasteiger partial charge in [0.15, 0.2) is 10.1 Å². The number of hydrogen-bond donors (Lipinski definition) is 1. The third-order valence-corrected chi connectivity index (χ3v) is 3.99. The molecule has 1 aromatic heterocycles. The zero-order valence-corrected chi connectivity index (χ0v) is 10.1. The summed E-state index contributed by atoms with van der Waals surface area (Å²) in [5.74, 6) is -1.49. The first-order valence-corrected chi connectivity index (χ1v) is 6.36. The van der Waals surface area contributed by atoms with Gasteiger partial charge in [-0.2, -0.15) is 0 Å². The Kier molecular flexibility index (Phi) is 3.38. The van der Waals surface area contributed by atoms with Gasteiger partial charge in [0, 0.05) is 0 Å². The molecule has 0 bridgehead atoms. The highest BCUT2D eigenvalue weighted by molar-refractivity contribution is 8.01. The minimum absolute atomic E-state index is 0.0249. The third-order valence-electron chi connectivity index (χ3n) is 1.93. The molecule has 17 heavy (non-hydrogen) atoms. The van der Waals surface area contributed by atoms with E-state index in [1.165, 1.54) is 4.90 Å². The van der Waals surface area contributed by atoms with E-state index in [0.717, 1.165) is 23.1 Å². The second-order valence-corrected chi connectivity index (χ2v) is 5.41. The van der Waals surface area contributed by atoms with Crippen molar-refractivity contribution in [2.24, 2.45) is 0 Å². The standard InChI is InChI=1S/C8H7N3O4S2/c12-4-1-5(13)11(2-4)7-9-10-8(17-7)16-3-6(14)15/h1-3H2,(H,14,15). The number of Topliss-reactive ketones (excluding diaryl/α,β-unsaturated/α-hetero) is 1. The lowest BCUT2D eigenvalue weighted by Crippen LogP contribution is -2.24. The number of aromatic nitrogens is 2. The van der Waals surface area contributed by atoms with E-state index in [1.807, 2.05) is 0 Å². The fourth-order valence-corrected chi connectivity index (χ4v) is 2.83. The molecule has 1 amide bonds. The van der Waals surface area contributed by atoms with Crippen LogP contribution in [0.2, 0.25) is 0 Å². The van der Waals surface area contributed by atoms with Crippen LogP contribution in [0.15, 0.2) is 4.34 Å². The van der Waals surface area contributed by atoms with Crippen LogP contribution in [0.25, 0.3) is 0 Å². The van der Waals surface area contributed by atoms with Crippen LogP contribution >= 0.6 is 23.1 Å². The number of ketones is 1. The van der Waals surface area contributed by atoms with Crippen molar-refractivity contribution in [3.8, 4) is 0 Å². The second-order valence-electron chi connectivity index (χ2n) is 3.23. The molecule has 0 atom stereocenters. The van der Waals surface area contributed by atoms with E-state index >= 15 is 0 Å². The number of carboxylic acids is 1. The van der Waals surface area contributed by atoms with Crippen molar-refractivity contribution in [3.05, 3.63) is 0 Å². The summed E-state index contributed by atoms with van der Waals surface area (Å²) in [6.45, 7) is 0.0249. The molecule has 0 spiro atoms. The van der Waals surface area contributed by atoms with Crippen LogP contribution in [0.5, 0.6) is 0 Å². The SMILES string of the molecule is O=C(O)CSc1nnc(N2CC(=O)CC2=O)s1. The molecule has 0 saturated carbocycles. The van der Waals surface area contributed by atoms with Gasteiger partial charge in [0.1, 0.15) is 0 Å². The molecular formula is C8H7N3O4S2. The highest BCUT2D eigenvalue weighted by atomic mass is 32.2. The average molecular weight is 273 g/mol. The van der Waals surface area contributed by atoms with Gasteiger partial charge >= 0.3 is 5.97 Å². The van der Waals surface area contributed by atoms with Crippen molar-refractivity contribution in [3.63, 3.8) is 0 Å². The van der Waals surface area contributed by atoms with E-state index in [4.69, 9.17) is 5.11 Å². The Balaban J connectivity index is 2.05. The van der Waals surface area contributed by atoms with Crippen LogP contribution in [0.4, 0.5) is 5.13 Å². The summed E-state index contributed by atoms with van der Waals surface area (Å²) >= 11 is 2.14. The van der Waals surface area contributed by atoms with Gasteiger partial charge in [-0.1, -0.05) is 23.1 Å². The van der Waals surface area contributed by atoms with Crippen LogP contribution < -0.4 is 4.90 Å². The summed E-state index contributed by atoms with van der Waals surface area (Å²) in [5.41, 5.74) is 0. The van der Waals surface area contributed by atoms with Gasteiger partial charge in [-0.15, -0.1) is 10.2 Å². The van der Waals surface area contributed by atoms with Crippen LogP contribution in [0.1, 0.15) is 6.42 Å². The van der Waals surface area contributed by atoms with Crippen LogP contribution in [0.3, 0.4) is 0 Å². The molecule has 0 radical (unpaired) electrons. The fraction of sp³-hybridized carbons (Fsp3) is 0.375. The molecule has 7 nitrogen and oxygen atoms in total. The van der Waals surface area contributed by atoms with Crippen molar-refractivity contribution in [1.82, 2.24) is 10.2 Å². The van der Waals surface area contributed by atoms with E-state index < -0.39 is 5.97 Å². The molecule has 1 saturated heterocycles. The van der Waals surface area contributed by atoms with E-state index in [-0.39, 0.29) is 30.4 Å². The smallest absolute Gasteiger partial charge is 0.313 e. The second kappa shape index (κ2) is 4.80. The zero-order chi connectivity index (χ0) is 12.4. The Labute approximate surface area is 104 Å². The average Bonchev–Trinajstić information content (AvgIpc) is 2.82. The number of amides is 1.